The second-order valence-corrected chi connectivity index (χ2v) is 11.5. The minimum Gasteiger partial charge on any atom is -0.494 e. The first-order chi connectivity index (χ1) is 21.4. The Hall–Kier alpha value is -4.60. The van der Waals surface area contributed by atoms with Gasteiger partial charge in [0.25, 0.3) is 0 Å². The molecule has 6 rings (SSSR count). The van der Waals surface area contributed by atoms with Gasteiger partial charge in [-0.1, -0.05) is 12.2 Å². The van der Waals surface area contributed by atoms with Gasteiger partial charge in [-0.05, 0) is 74.6 Å². The molecule has 1 N–H and O–H groups in total. The number of aromatic nitrogens is 1. The second kappa shape index (κ2) is 13.0. The third-order valence-corrected chi connectivity index (χ3v) is 8.88. The summed E-state index contributed by atoms with van der Waals surface area (Å²) in [7, 11) is 3.23. The molecule has 44 heavy (non-hydrogen) atoms. The molecule has 3 aliphatic rings. The van der Waals surface area contributed by atoms with Crippen LogP contribution in [0.1, 0.15) is 44.1 Å². The fourth-order valence-corrected chi connectivity index (χ4v) is 6.48. The summed E-state index contributed by atoms with van der Waals surface area (Å²) in [5.41, 5.74) is 2.45. The summed E-state index contributed by atoms with van der Waals surface area (Å²) < 4.78 is 16.8. The Morgan fingerprint density at radius 3 is 2.48 bits per heavy atom. The molecule has 1 aliphatic carbocycles. The van der Waals surface area contributed by atoms with E-state index < -0.39 is 0 Å². The number of fused-ring (bicyclic) bond motifs is 2. The monoisotopic (exact) mass is 598 g/mol. The standard InChI is InChI=1S/C34H38N4O6/c1-42-29-13-9-23(21-30(29)43-2)33-26-6-3-4-7-27(26)34(41)38(36-33)24-15-17-37(18-16-24)32(40)8-5-19-44-25-11-12-28-22(20-25)10-14-31(39)35-28/h3-4,9-14,20-21,24,26-27H,5-8,15-19H2,1-2H3,(H,35,39)/t26-,27+/m0/s1. The maximum absolute atomic E-state index is 13.7. The van der Waals surface area contributed by atoms with Crippen molar-refractivity contribution in [2.45, 2.75) is 44.6 Å². The van der Waals surface area contributed by atoms with Crippen molar-refractivity contribution < 1.29 is 23.8 Å². The molecule has 3 aromatic rings. The highest BCUT2D eigenvalue weighted by atomic mass is 16.5. The molecule has 3 heterocycles. The summed E-state index contributed by atoms with van der Waals surface area (Å²) in [6, 6.07) is 14.5. The van der Waals surface area contributed by atoms with Crippen molar-refractivity contribution >= 4 is 28.4 Å². The zero-order valence-corrected chi connectivity index (χ0v) is 25.2. The van der Waals surface area contributed by atoms with Crippen molar-refractivity contribution in [2.24, 2.45) is 16.9 Å². The Bertz CT molecular complexity index is 1650. The van der Waals surface area contributed by atoms with Gasteiger partial charge in [-0.25, -0.2) is 5.01 Å². The maximum atomic E-state index is 13.7. The minimum absolute atomic E-state index is 0.0179. The van der Waals surface area contributed by atoms with E-state index in [1.165, 1.54) is 6.07 Å². The molecule has 0 saturated carbocycles. The van der Waals surface area contributed by atoms with E-state index in [1.54, 1.807) is 25.3 Å². The molecule has 1 aromatic heterocycles. The van der Waals surface area contributed by atoms with Gasteiger partial charge >= 0.3 is 0 Å². The molecular formula is C34H38N4O6. The molecular weight excluding hydrogens is 560 g/mol. The lowest BCUT2D eigenvalue weighted by Gasteiger charge is -2.42. The number of nitrogens with zero attached hydrogens (tertiary/aromatic N) is 3. The molecule has 0 radical (unpaired) electrons. The van der Waals surface area contributed by atoms with Crippen LogP contribution in [-0.2, 0) is 9.59 Å². The Morgan fingerprint density at radius 1 is 0.932 bits per heavy atom. The number of hydrazone groups is 1. The molecule has 10 nitrogen and oxygen atoms in total. The quantitative estimate of drug-likeness (QED) is 0.286. The number of piperidine rings is 1. The number of rotatable bonds is 9. The summed E-state index contributed by atoms with van der Waals surface area (Å²) in [6.45, 7) is 1.60. The largest absolute Gasteiger partial charge is 0.494 e. The highest BCUT2D eigenvalue weighted by molar-refractivity contribution is 6.07. The number of carbonyl (C=O) groups is 2. The number of nitrogens with one attached hydrogen (secondary N) is 1. The van der Waals surface area contributed by atoms with E-state index in [-0.39, 0.29) is 35.3 Å². The number of carbonyl (C=O) groups excluding carboxylic acids is 2. The number of H-pyrrole nitrogens is 1. The number of methoxy groups -OCH3 is 2. The van der Waals surface area contributed by atoms with E-state index in [2.05, 4.69) is 17.1 Å². The normalized spacial score (nSPS) is 20.3. The number of amides is 2. The lowest BCUT2D eigenvalue weighted by molar-refractivity contribution is -0.142. The summed E-state index contributed by atoms with van der Waals surface area (Å²) >= 11 is 0. The van der Waals surface area contributed by atoms with Gasteiger partial charge in [-0.15, -0.1) is 0 Å². The van der Waals surface area contributed by atoms with Crippen LogP contribution in [0.5, 0.6) is 17.2 Å². The van der Waals surface area contributed by atoms with Crippen LogP contribution < -0.4 is 19.8 Å². The lowest BCUT2D eigenvalue weighted by Crippen LogP contribution is -2.52. The molecule has 2 amide bonds. The predicted octanol–water partition coefficient (Wildman–Crippen LogP) is 4.52. The van der Waals surface area contributed by atoms with Crippen LogP contribution in [-0.4, -0.2) is 72.4 Å². The molecule has 0 unspecified atom stereocenters. The number of allylic oxidation sites excluding steroid dienone is 2. The van der Waals surface area contributed by atoms with Crippen LogP contribution in [0.25, 0.3) is 10.9 Å². The topological polar surface area (TPSA) is 114 Å². The average Bonchev–Trinajstić information content (AvgIpc) is 3.06. The molecule has 2 aliphatic heterocycles. The number of benzene rings is 2. The number of hydrogen-bond acceptors (Lipinski definition) is 7. The van der Waals surface area contributed by atoms with Crippen molar-refractivity contribution in [3.05, 3.63) is 76.6 Å². The third-order valence-electron chi connectivity index (χ3n) is 8.88. The zero-order valence-electron chi connectivity index (χ0n) is 25.2. The molecule has 2 aromatic carbocycles. The number of pyridine rings is 1. The summed E-state index contributed by atoms with van der Waals surface area (Å²) in [6.07, 6.45) is 8.07. The van der Waals surface area contributed by atoms with Crippen LogP contribution >= 0.6 is 0 Å². The molecule has 0 spiro atoms. The van der Waals surface area contributed by atoms with Crippen LogP contribution in [0, 0.1) is 11.8 Å². The Labute approximate surface area is 256 Å². The first-order valence-electron chi connectivity index (χ1n) is 15.3. The van der Waals surface area contributed by atoms with Crippen molar-refractivity contribution in [3.8, 4) is 17.2 Å². The first-order valence-corrected chi connectivity index (χ1v) is 15.3. The van der Waals surface area contributed by atoms with Gasteiger partial charge in [-0.2, -0.15) is 5.10 Å². The third kappa shape index (κ3) is 6.06. The summed E-state index contributed by atoms with van der Waals surface area (Å²) in [5.74, 6) is 2.02. The Morgan fingerprint density at radius 2 is 1.70 bits per heavy atom. The minimum atomic E-state index is -0.148. The van der Waals surface area contributed by atoms with E-state index in [0.29, 0.717) is 69.0 Å². The summed E-state index contributed by atoms with van der Waals surface area (Å²) in [5, 5.41) is 7.59. The van der Waals surface area contributed by atoms with E-state index in [1.807, 2.05) is 41.3 Å². The Kier molecular flexibility index (Phi) is 8.67. The predicted molar refractivity (Wildman–Crippen MR) is 167 cm³/mol. The lowest BCUT2D eigenvalue weighted by atomic mass is 9.76. The van der Waals surface area contributed by atoms with Crippen LogP contribution in [0.2, 0.25) is 0 Å². The first kappa shape index (κ1) is 29.5. The van der Waals surface area contributed by atoms with Crippen LogP contribution in [0.3, 0.4) is 0 Å². The molecule has 230 valence electrons. The highest BCUT2D eigenvalue weighted by Gasteiger charge is 2.43. The van der Waals surface area contributed by atoms with E-state index in [9.17, 15) is 14.4 Å². The van der Waals surface area contributed by atoms with Gasteiger partial charge < -0.3 is 24.1 Å². The molecule has 2 atom stereocenters. The maximum Gasteiger partial charge on any atom is 0.248 e. The number of ether oxygens (including phenoxy) is 3. The zero-order chi connectivity index (χ0) is 30.6. The van der Waals surface area contributed by atoms with Gasteiger partial charge in [0.15, 0.2) is 11.5 Å². The van der Waals surface area contributed by atoms with E-state index in [0.717, 1.165) is 28.6 Å². The SMILES string of the molecule is COc1ccc(C2=NN(C3CCN(C(=O)CCCOc4ccc5[nH]c(=O)ccc5c4)CC3)C(=O)[C@@H]3CC=CC[C@H]23)cc1OC. The van der Waals surface area contributed by atoms with Gasteiger partial charge in [0.05, 0.1) is 38.5 Å². The number of aromatic amines is 1. The van der Waals surface area contributed by atoms with Crippen molar-refractivity contribution in [1.82, 2.24) is 14.9 Å². The molecule has 10 heteroatoms. The van der Waals surface area contributed by atoms with Crippen molar-refractivity contribution in [2.75, 3.05) is 33.9 Å². The van der Waals surface area contributed by atoms with Crippen molar-refractivity contribution in [3.63, 3.8) is 0 Å². The van der Waals surface area contributed by atoms with Gasteiger partial charge in [0.2, 0.25) is 17.4 Å². The smallest absolute Gasteiger partial charge is 0.248 e. The summed E-state index contributed by atoms with van der Waals surface area (Å²) in [4.78, 5) is 42.9. The molecule has 1 saturated heterocycles. The van der Waals surface area contributed by atoms with E-state index in [4.69, 9.17) is 19.3 Å². The number of hydrogen-bond donors (Lipinski definition) is 1. The van der Waals surface area contributed by atoms with E-state index >= 15 is 0 Å². The molecule has 1 fully saturated rings. The number of likely N-dealkylation sites (tertiary alicyclic amines) is 1. The van der Waals surface area contributed by atoms with Gasteiger partial charge in [-0.3, -0.25) is 14.4 Å². The van der Waals surface area contributed by atoms with Crippen molar-refractivity contribution in [1.29, 1.82) is 0 Å². The Balaban J connectivity index is 1.06. The van der Waals surface area contributed by atoms with Gasteiger partial charge in [0, 0.05) is 48.0 Å². The van der Waals surface area contributed by atoms with Gasteiger partial charge in [0.1, 0.15) is 5.75 Å². The molecule has 0 bridgehead atoms. The second-order valence-electron chi connectivity index (χ2n) is 11.5. The van der Waals surface area contributed by atoms with Crippen LogP contribution in [0.15, 0.2) is 70.6 Å². The average molecular weight is 599 g/mol. The van der Waals surface area contributed by atoms with Crippen LogP contribution in [0.4, 0.5) is 0 Å². The fraction of sp³-hybridized carbons (Fsp3) is 0.412. The highest BCUT2D eigenvalue weighted by Crippen LogP contribution is 2.38. The fourth-order valence-electron chi connectivity index (χ4n) is 6.48.